The quantitative estimate of drug-likeness (QED) is 0.412. The van der Waals surface area contributed by atoms with E-state index in [4.69, 9.17) is 0 Å². The molecule has 6 nitrogen and oxygen atoms in total. The highest BCUT2D eigenvalue weighted by Gasteiger charge is 2.19. The Bertz CT molecular complexity index is 1070. The summed E-state index contributed by atoms with van der Waals surface area (Å²) >= 11 is 1.46. The van der Waals surface area contributed by atoms with Gasteiger partial charge in [-0.25, -0.2) is 9.50 Å². The zero-order chi connectivity index (χ0) is 16.7. The van der Waals surface area contributed by atoms with Gasteiger partial charge in [-0.15, -0.1) is 11.3 Å². The number of nitro benzene ring substituents is 1. The fourth-order valence-electron chi connectivity index (χ4n) is 2.74. The molecule has 3 heterocycles. The lowest BCUT2D eigenvalue weighted by Gasteiger charge is -1.99. The van der Waals surface area contributed by atoms with Gasteiger partial charge in [0.2, 0.25) is 0 Å². The van der Waals surface area contributed by atoms with Crippen LogP contribution in [0.15, 0.2) is 54.0 Å². The van der Waals surface area contributed by atoms with Gasteiger partial charge in [0.25, 0.3) is 5.69 Å². The molecule has 24 heavy (non-hydrogen) atoms. The maximum Gasteiger partial charge on any atom is 0.278 e. The fraction of sp³-hybridized carbons (Fsp3) is 0.0588. The molecule has 1 aromatic carbocycles. The second-order valence-corrected chi connectivity index (χ2v) is 6.16. The molecule has 0 radical (unpaired) electrons. The molecule has 0 saturated carbocycles. The molecule has 4 rings (SSSR count). The minimum absolute atomic E-state index is 0.0611. The van der Waals surface area contributed by atoms with E-state index in [2.05, 4.69) is 10.1 Å². The van der Waals surface area contributed by atoms with Crippen LogP contribution in [0.3, 0.4) is 0 Å². The first-order valence-corrected chi connectivity index (χ1v) is 8.17. The number of rotatable bonds is 3. The molecule has 0 atom stereocenters. The molecular formula is C17H12N4O2S. The summed E-state index contributed by atoms with van der Waals surface area (Å²) in [7, 11) is 0. The van der Waals surface area contributed by atoms with Gasteiger partial charge in [0.05, 0.1) is 33.0 Å². The van der Waals surface area contributed by atoms with E-state index in [9.17, 15) is 10.1 Å². The smallest absolute Gasteiger partial charge is 0.258 e. The minimum Gasteiger partial charge on any atom is -0.258 e. The second-order valence-electron chi connectivity index (χ2n) is 5.30. The molecule has 0 aliphatic heterocycles. The molecule has 0 saturated heterocycles. The van der Waals surface area contributed by atoms with E-state index in [0.717, 1.165) is 21.8 Å². The Hall–Kier alpha value is -3.06. The number of fused-ring (bicyclic) bond motifs is 1. The van der Waals surface area contributed by atoms with Crippen molar-refractivity contribution < 1.29 is 4.92 Å². The highest BCUT2D eigenvalue weighted by atomic mass is 32.1. The van der Waals surface area contributed by atoms with Gasteiger partial charge in [0.15, 0.2) is 0 Å². The molecule has 118 valence electrons. The van der Waals surface area contributed by atoms with Crippen LogP contribution in [0.2, 0.25) is 0 Å². The van der Waals surface area contributed by atoms with Crippen LogP contribution in [-0.2, 0) is 0 Å². The monoisotopic (exact) mass is 336 g/mol. The first-order chi connectivity index (χ1) is 11.6. The Morgan fingerprint density at radius 1 is 1.17 bits per heavy atom. The Balaban J connectivity index is 1.87. The zero-order valence-electron chi connectivity index (χ0n) is 12.7. The average molecular weight is 336 g/mol. The number of aryl methyl sites for hydroxylation is 1. The molecule has 0 aliphatic rings. The van der Waals surface area contributed by atoms with E-state index in [0.29, 0.717) is 11.3 Å². The van der Waals surface area contributed by atoms with Gasteiger partial charge in [0, 0.05) is 17.6 Å². The van der Waals surface area contributed by atoms with E-state index in [1.165, 1.54) is 17.4 Å². The van der Waals surface area contributed by atoms with Crippen LogP contribution in [-0.4, -0.2) is 19.5 Å². The lowest BCUT2D eigenvalue weighted by molar-refractivity contribution is -0.384. The van der Waals surface area contributed by atoms with Gasteiger partial charge in [-0.1, -0.05) is 18.2 Å². The van der Waals surface area contributed by atoms with E-state index < -0.39 is 0 Å². The summed E-state index contributed by atoms with van der Waals surface area (Å²) in [5.41, 5.74) is 4.01. The number of benzene rings is 1. The standard InChI is InChI=1S/C17H12N4O2S/c1-11-16(15-8-4-5-9-20(15)19-11)17-18-13(10-24-17)12-6-2-3-7-14(12)21(22)23/h2-10H,1H3. The molecule has 0 bridgehead atoms. The lowest BCUT2D eigenvalue weighted by atomic mass is 10.1. The summed E-state index contributed by atoms with van der Waals surface area (Å²) in [6.45, 7) is 1.94. The van der Waals surface area contributed by atoms with Crippen molar-refractivity contribution in [2.45, 2.75) is 6.92 Å². The zero-order valence-corrected chi connectivity index (χ0v) is 13.5. The number of hydrogen-bond acceptors (Lipinski definition) is 5. The van der Waals surface area contributed by atoms with Crippen LogP contribution in [0.5, 0.6) is 0 Å². The second kappa shape index (κ2) is 5.54. The predicted molar refractivity (Wildman–Crippen MR) is 93.1 cm³/mol. The number of hydrogen-bond donors (Lipinski definition) is 0. The average Bonchev–Trinajstić information content (AvgIpc) is 3.18. The third kappa shape index (κ3) is 2.26. The Kier molecular flexibility index (Phi) is 3.35. The maximum atomic E-state index is 11.2. The molecule has 0 aliphatic carbocycles. The van der Waals surface area contributed by atoms with Gasteiger partial charge in [-0.2, -0.15) is 5.10 Å². The van der Waals surface area contributed by atoms with Crippen molar-refractivity contribution >= 4 is 22.5 Å². The summed E-state index contributed by atoms with van der Waals surface area (Å²) in [4.78, 5) is 15.5. The highest BCUT2D eigenvalue weighted by molar-refractivity contribution is 7.13. The first kappa shape index (κ1) is 14.5. The molecule has 0 fully saturated rings. The summed E-state index contributed by atoms with van der Waals surface area (Å²) in [6.07, 6.45) is 1.89. The Morgan fingerprint density at radius 2 is 1.96 bits per heavy atom. The number of thiazole rings is 1. The largest absolute Gasteiger partial charge is 0.278 e. The fourth-order valence-corrected chi connectivity index (χ4v) is 3.67. The predicted octanol–water partition coefficient (Wildman–Crippen LogP) is 4.34. The van der Waals surface area contributed by atoms with Crippen molar-refractivity contribution in [1.82, 2.24) is 14.6 Å². The maximum absolute atomic E-state index is 11.2. The normalized spacial score (nSPS) is 11.0. The SMILES string of the molecule is Cc1nn2ccccc2c1-c1nc(-c2ccccc2[N+](=O)[O-])cs1. The van der Waals surface area contributed by atoms with Crippen LogP contribution in [0.4, 0.5) is 5.69 Å². The molecule has 3 aromatic heterocycles. The van der Waals surface area contributed by atoms with Gasteiger partial charge < -0.3 is 0 Å². The van der Waals surface area contributed by atoms with Crippen LogP contribution < -0.4 is 0 Å². The third-order valence-corrected chi connectivity index (χ3v) is 4.67. The summed E-state index contributed by atoms with van der Waals surface area (Å²) in [6, 6.07) is 12.5. The van der Waals surface area contributed by atoms with E-state index >= 15 is 0 Å². The van der Waals surface area contributed by atoms with Gasteiger partial charge >= 0.3 is 0 Å². The van der Waals surface area contributed by atoms with Gasteiger partial charge in [-0.05, 0) is 25.1 Å². The number of pyridine rings is 1. The molecule has 0 N–H and O–H groups in total. The van der Waals surface area contributed by atoms with E-state index in [-0.39, 0.29) is 10.6 Å². The molecule has 0 unspecified atom stereocenters. The molecular weight excluding hydrogens is 324 g/mol. The van der Waals surface area contributed by atoms with Crippen molar-refractivity contribution in [2.75, 3.05) is 0 Å². The van der Waals surface area contributed by atoms with E-state index in [1.54, 1.807) is 18.2 Å². The molecule has 0 spiro atoms. The van der Waals surface area contributed by atoms with Crippen LogP contribution in [0, 0.1) is 17.0 Å². The highest BCUT2D eigenvalue weighted by Crippen LogP contribution is 2.36. The first-order valence-electron chi connectivity index (χ1n) is 7.29. The van der Waals surface area contributed by atoms with Crippen LogP contribution >= 0.6 is 11.3 Å². The lowest BCUT2D eigenvalue weighted by Crippen LogP contribution is -1.91. The number of para-hydroxylation sites is 1. The number of nitrogens with zero attached hydrogens (tertiary/aromatic N) is 4. The summed E-state index contributed by atoms with van der Waals surface area (Å²) in [5.74, 6) is 0. The Morgan fingerprint density at radius 3 is 2.79 bits per heavy atom. The van der Waals surface area contributed by atoms with Crippen molar-refractivity contribution in [3.63, 3.8) is 0 Å². The van der Waals surface area contributed by atoms with E-state index in [1.807, 2.05) is 41.2 Å². The molecule has 4 aromatic rings. The topological polar surface area (TPSA) is 73.3 Å². The van der Waals surface area contributed by atoms with Crippen LogP contribution in [0.25, 0.3) is 27.3 Å². The summed E-state index contributed by atoms with van der Waals surface area (Å²) in [5, 5.41) is 18.4. The number of aromatic nitrogens is 3. The molecule has 0 amide bonds. The van der Waals surface area contributed by atoms with Gasteiger partial charge in [-0.3, -0.25) is 10.1 Å². The van der Waals surface area contributed by atoms with Crippen molar-refractivity contribution in [3.05, 3.63) is 69.8 Å². The summed E-state index contributed by atoms with van der Waals surface area (Å²) < 4.78 is 1.82. The third-order valence-electron chi connectivity index (χ3n) is 3.81. The Labute approximate surface area is 141 Å². The number of nitro groups is 1. The van der Waals surface area contributed by atoms with Crippen LogP contribution in [0.1, 0.15) is 5.69 Å². The van der Waals surface area contributed by atoms with Gasteiger partial charge in [0.1, 0.15) is 5.01 Å². The van der Waals surface area contributed by atoms with Crippen molar-refractivity contribution in [3.8, 4) is 21.8 Å². The molecule has 7 heteroatoms. The van der Waals surface area contributed by atoms with Crippen molar-refractivity contribution in [2.24, 2.45) is 0 Å². The minimum atomic E-state index is -0.380. The van der Waals surface area contributed by atoms with Crippen molar-refractivity contribution in [1.29, 1.82) is 0 Å².